The molecule has 0 saturated heterocycles. The molecule has 0 spiro atoms. The number of hydrogen-bond acceptors (Lipinski definition) is 4. The van der Waals surface area contributed by atoms with Crippen molar-refractivity contribution in [1.82, 2.24) is 5.32 Å². The fraction of sp³-hybridized carbons (Fsp3) is 0.333. The monoisotopic (exact) mass is 350 g/mol. The van der Waals surface area contributed by atoms with Gasteiger partial charge in [-0.25, -0.2) is 0 Å². The molecule has 0 aliphatic heterocycles. The smallest absolute Gasteiger partial charge is 0.251 e. The van der Waals surface area contributed by atoms with Crippen LogP contribution in [0.2, 0.25) is 0 Å². The number of carbonyl (C=O) groups excluding carboxylic acids is 1. The highest BCUT2D eigenvalue weighted by molar-refractivity contribution is 5.94. The van der Waals surface area contributed by atoms with E-state index in [9.17, 15) is 9.90 Å². The second kappa shape index (κ2) is 7.92. The van der Waals surface area contributed by atoms with E-state index in [-0.39, 0.29) is 29.4 Å². The Morgan fingerprint density at radius 3 is 2.46 bits per heavy atom. The van der Waals surface area contributed by atoms with Crippen molar-refractivity contribution in [2.75, 3.05) is 0 Å². The summed E-state index contributed by atoms with van der Waals surface area (Å²) in [7, 11) is 0. The largest absolute Gasteiger partial charge is 0.506 e. The molecular formula is C21H22N2O3. The maximum absolute atomic E-state index is 12.3. The third-order valence-corrected chi connectivity index (χ3v) is 4.72. The van der Waals surface area contributed by atoms with Gasteiger partial charge in [-0.15, -0.1) is 0 Å². The Bertz CT molecular complexity index is 816. The molecule has 0 heterocycles. The number of amides is 1. The standard InChI is InChI=1S/C21H22N2O3/c1-14-2-4-15(5-3-14)21(25)23-17-7-10-18(11-8-17)26-19-9-6-16(13-22)20(24)12-19/h2-6,9,12,17-18,24H,7-8,10-11H2,1H3,(H,23,25). The van der Waals surface area contributed by atoms with Crippen molar-refractivity contribution < 1.29 is 14.6 Å². The predicted molar refractivity (Wildman–Crippen MR) is 98.1 cm³/mol. The molecule has 5 heteroatoms. The van der Waals surface area contributed by atoms with E-state index < -0.39 is 0 Å². The molecule has 2 aromatic rings. The van der Waals surface area contributed by atoms with Crippen LogP contribution in [0.3, 0.4) is 0 Å². The van der Waals surface area contributed by atoms with Gasteiger partial charge in [0.15, 0.2) is 0 Å². The molecule has 0 aromatic heterocycles. The van der Waals surface area contributed by atoms with Crippen molar-refractivity contribution in [3.63, 3.8) is 0 Å². The van der Waals surface area contributed by atoms with Gasteiger partial charge in [0.2, 0.25) is 0 Å². The van der Waals surface area contributed by atoms with E-state index in [4.69, 9.17) is 10.00 Å². The lowest BCUT2D eigenvalue weighted by Gasteiger charge is -2.29. The van der Waals surface area contributed by atoms with Gasteiger partial charge < -0.3 is 15.2 Å². The lowest BCUT2D eigenvalue weighted by Crippen LogP contribution is -2.39. The van der Waals surface area contributed by atoms with Crippen molar-refractivity contribution in [2.24, 2.45) is 0 Å². The summed E-state index contributed by atoms with van der Waals surface area (Å²) in [5.41, 5.74) is 2.05. The molecule has 26 heavy (non-hydrogen) atoms. The van der Waals surface area contributed by atoms with Gasteiger partial charge in [-0.05, 0) is 56.9 Å². The van der Waals surface area contributed by atoms with Crippen molar-refractivity contribution >= 4 is 5.91 Å². The summed E-state index contributed by atoms with van der Waals surface area (Å²) < 4.78 is 5.90. The number of nitriles is 1. The number of hydrogen-bond donors (Lipinski definition) is 2. The predicted octanol–water partition coefficient (Wildman–Crippen LogP) is 3.69. The van der Waals surface area contributed by atoms with E-state index >= 15 is 0 Å². The summed E-state index contributed by atoms with van der Waals surface area (Å²) >= 11 is 0. The first-order valence-corrected chi connectivity index (χ1v) is 8.82. The molecule has 3 rings (SSSR count). The van der Waals surface area contributed by atoms with Crippen LogP contribution in [-0.2, 0) is 0 Å². The number of rotatable bonds is 4. The molecule has 2 N–H and O–H groups in total. The summed E-state index contributed by atoms with van der Waals surface area (Å²) in [6, 6.07) is 14.4. The second-order valence-corrected chi connectivity index (χ2v) is 6.72. The van der Waals surface area contributed by atoms with Gasteiger partial charge >= 0.3 is 0 Å². The number of phenols is 1. The van der Waals surface area contributed by atoms with E-state index in [0.29, 0.717) is 11.3 Å². The maximum Gasteiger partial charge on any atom is 0.251 e. The Morgan fingerprint density at radius 1 is 1.15 bits per heavy atom. The van der Waals surface area contributed by atoms with Crippen LogP contribution < -0.4 is 10.1 Å². The Labute approximate surface area is 153 Å². The zero-order valence-corrected chi connectivity index (χ0v) is 14.7. The molecule has 134 valence electrons. The Hall–Kier alpha value is -3.00. The summed E-state index contributed by atoms with van der Waals surface area (Å²) in [6.07, 6.45) is 3.42. The SMILES string of the molecule is Cc1ccc(C(=O)NC2CCC(Oc3ccc(C#N)c(O)c3)CC2)cc1. The van der Waals surface area contributed by atoms with Crippen molar-refractivity contribution in [3.8, 4) is 17.6 Å². The minimum absolute atomic E-state index is 0.0358. The molecule has 2 aromatic carbocycles. The molecule has 1 amide bonds. The molecule has 0 atom stereocenters. The summed E-state index contributed by atoms with van der Waals surface area (Å²) in [6.45, 7) is 2.00. The third kappa shape index (κ3) is 4.34. The van der Waals surface area contributed by atoms with E-state index in [1.54, 1.807) is 12.1 Å². The summed E-state index contributed by atoms with van der Waals surface area (Å²) in [4.78, 5) is 12.3. The van der Waals surface area contributed by atoms with Gasteiger partial charge in [-0.2, -0.15) is 5.26 Å². The fourth-order valence-corrected chi connectivity index (χ4v) is 3.17. The quantitative estimate of drug-likeness (QED) is 0.881. The lowest BCUT2D eigenvalue weighted by molar-refractivity contribution is 0.0893. The Balaban J connectivity index is 1.49. The number of aryl methyl sites for hydroxylation is 1. The van der Waals surface area contributed by atoms with Crippen molar-refractivity contribution in [3.05, 3.63) is 59.2 Å². The molecule has 1 fully saturated rings. The lowest BCUT2D eigenvalue weighted by atomic mass is 9.92. The number of aromatic hydroxyl groups is 1. The van der Waals surface area contributed by atoms with E-state index in [1.807, 2.05) is 37.3 Å². The van der Waals surface area contributed by atoms with Gasteiger partial charge in [-0.1, -0.05) is 17.7 Å². The minimum Gasteiger partial charge on any atom is -0.506 e. The average molecular weight is 350 g/mol. The Kier molecular flexibility index (Phi) is 5.43. The van der Waals surface area contributed by atoms with E-state index in [1.165, 1.54) is 6.07 Å². The second-order valence-electron chi connectivity index (χ2n) is 6.72. The molecule has 5 nitrogen and oxygen atoms in total. The van der Waals surface area contributed by atoms with Crippen LogP contribution in [0.25, 0.3) is 0 Å². The van der Waals surface area contributed by atoms with Gasteiger partial charge in [0.1, 0.15) is 17.6 Å². The van der Waals surface area contributed by atoms with Gasteiger partial charge in [0.25, 0.3) is 5.91 Å². The Morgan fingerprint density at radius 2 is 1.85 bits per heavy atom. The van der Waals surface area contributed by atoms with Crippen molar-refractivity contribution in [2.45, 2.75) is 44.8 Å². The van der Waals surface area contributed by atoms with Gasteiger partial charge in [0.05, 0.1) is 11.7 Å². The molecule has 0 bridgehead atoms. The minimum atomic E-state index is -0.0657. The van der Waals surface area contributed by atoms with Crippen LogP contribution in [0.1, 0.15) is 47.2 Å². The maximum atomic E-state index is 12.3. The molecule has 1 aliphatic carbocycles. The zero-order chi connectivity index (χ0) is 18.5. The molecule has 0 unspecified atom stereocenters. The zero-order valence-electron chi connectivity index (χ0n) is 14.7. The van der Waals surface area contributed by atoms with Gasteiger partial charge in [0, 0.05) is 17.7 Å². The molecule has 0 radical (unpaired) electrons. The first kappa shape index (κ1) is 17.8. The number of nitrogens with one attached hydrogen (secondary N) is 1. The highest BCUT2D eigenvalue weighted by Gasteiger charge is 2.24. The summed E-state index contributed by atoms with van der Waals surface area (Å²) in [5, 5.41) is 21.7. The van der Waals surface area contributed by atoms with E-state index in [2.05, 4.69) is 5.32 Å². The average Bonchev–Trinajstić information content (AvgIpc) is 2.64. The first-order valence-electron chi connectivity index (χ1n) is 8.82. The molecule has 1 saturated carbocycles. The number of benzene rings is 2. The molecule has 1 aliphatic rings. The normalized spacial score (nSPS) is 19.4. The van der Waals surface area contributed by atoms with Crippen LogP contribution >= 0.6 is 0 Å². The van der Waals surface area contributed by atoms with Crippen LogP contribution in [0.5, 0.6) is 11.5 Å². The van der Waals surface area contributed by atoms with Gasteiger partial charge in [-0.3, -0.25) is 4.79 Å². The van der Waals surface area contributed by atoms with Crippen LogP contribution in [0.4, 0.5) is 0 Å². The highest BCUT2D eigenvalue weighted by Crippen LogP contribution is 2.27. The van der Waals surface area contributed by atoms with Crippen LogP contribution in [0, 0.1) is 18.3 Å². The third-order valence-electron chi connectivity index (χ3n) is 4.72. The highest BCUT2D eigenvalue weighted by atomic mass is 16.5. The van der Waals surface area contributed by atoms with Crippen LogP contribution in [-0.4, -0.2) is 23.2 Å². The van der Waals surface area contributed by atoms with Crippen LogP contribution in [0.15, 0.2) is 42.5 Å². The first-order chi connectivity index (χ1) is 12.5. The van der Waals surface area contributed by atoms with E-state index in [0.717, 1.165) is 31.2 Å². The molecular weight excluding hydrogens is 328 g/mol. The number of nitrogens with zero attached hydrogens (tertiary/aromatic N) is 1. The number of phenolic OH excluding ortho intramolecular Hbond substituents is 1. The summed E-state index contributed by atoms with van der Waals surface area (Å²) in [5.74, 6) is 0.462. The number of carbonyl (C=O) groups is 1. The fourth-order valence-electron chi connectivity index (χ4n) is 3.17. The number of ether oxygens (including phenoxy) is 1. The topological polar surface area (TPSA) is 82.3 Å². The van der Waals surface area contributed by atoms with Crippen molar-refractivity contribution in [1.29, 1.82) is 5.26 Å².